The van der Waals surface area contributed by atoms with E-state index in [4.69, 9.17) is 0 Å². The fraction of sp³-hybridized carbons (Fsp3) is 0.143. The van der Waals surface area contributed by atoms with E-state index in [1.54, 1.807) is 0 Å². The molecule has 0 amide bonds. The van der Waals surface area contributed by atoms with Crippen LogP contribution in [0.1, 0.15) is 11.1 Å². The minimum atomic E-state index is -5.11. The molecule has 0 saturated carbocycles. The summed E-state index contributed by atoms with van der Waals surface area (Å²) >= 11 is 0. The van der Waals surface area contributed by atoms with E-state index in [1.165, 1.54) is 0 Å². The molecule has 118 valence electrons. The van der Waals surface area contributed by atoms with Crippen molar-refractivity contribution in [3.05, 3.63) is 59.2 Å². The molecule has 0 bridgehead atoms. The lowest BCUT2D eigenvalue weighted by Crippen LogP contribution is -2.11. The first-order chi connectivity index (χ1) is 10.0. The Kier molecular flexibility index (Phi) is 3.88. The highest BCUT2D eigenvalue weighted by Crippen LogP contribution is 2.40. The molecule has 0 radical (unpaired) electrons. The Morgan fingerprint density at radius 2 is 1.23 bits per heavy atom. The minimum absolute atomic E-state index is 0.156. The van der Waals surface area contributed by atoms with Gasteiger partial charge in [-0.1, -0.05) is 12.1 Å². The van der Waals surface area contributed by atoms with E-state index in [-0.39, 0.29) is 6.07 Å². The smallest absolute Gasteiger partial charge is 0.206 e. The van der Waals surface area contributed by atoms with Crippen molar-refractivity contribution in [2.24, 2.45) is 0 Å². The first-order valence-electron chi connectivity index (χ1n) is 5.74. The van der Waals surface area contributed by atoms with Crippen molar-refractivity contribution in [2.75, 3.05) is 0 Å². The zero-order chi connectivity index (χ0) is 16.7. The van der Waals surface area contributed by atoms with Crippen molar-refractivity contribution in [1.82, 2.24) is 0 Å². The molecule has 0 unspecified atom stereocenters. The summed E-state index contributed by atoms with van der Waals surface area (Å²) in [5, 5.41) is 0. The van der Waals surface area contributed by atoms with Crippen LogP contribution >= 0.6 is 0 Å². The molecule has 0 N–H and O–H groups in total. The van der Waals surface area contributed by atoms with Crippen LogP contribution in [0.15, 0.2) is 36.4 Å². The van der Waals surface area contributed by atoms with Gasteiger partial charge in [0.15, 0.2) is 0 Å². The molecular formula is C14H6F8. The molecule has 2 aromatic carbocycles. The lowest BCUT2D eigenvalue weighted by atomic mass is 9.96. The predicted octanol–water partition coefficient (Wildman–Crippen LogP) is 5.67. The summed E-state index contributed by atoms with van der Waals surface area (Å²) in [4.78, 5) is 0. The monoisotopic (exact) mass is 326 g/mol. The molecule has 2 rings (SSSR count). The number of rotatable bonds is 1. The average Bonchev–Trinajstić information content (AvgIpc) is 2.37. The SMILES string of the molecule is Fc1ccc(-c2c(F)cccc2C(F)(F)F)cc1C(F)(F)F. The van der Waals surface area contributed by atoms with Gasteiger partial charge in [-0.25, -0.2) is 8.78 Å². The Balaban J connectivity index is 2.73. The van der Waals surface area contributed by atoms with E-state index < -0.39 is 46.2 Å². The molecule has 8 heteroatoms. The summed E-state index contributed by atoms with van der Waals surface area (Å²) < 4.78 is 103. The Morgan fingerprint density at radius 1 is 0.636 bits per heavy atom. The molecular weight excluding hydrogens is 320 g/mol. The van der Waals surface area contributed by atoms with E-state index in [1.807, 2.05) is 0 Å². The molecule has 0 atom stereocenters. The van der Waals surface area contributed by atoms with Gasteiger partial charge in [-0.05, 0) is 29.8 Å². The normalized spacial score (nSPS) is 12.5. The van der Waals surface area contributed by atoms with Gasteiger partial charge in [0.2, 0.25) is 0 Å². The van der Waals surface area contributed by atoms with Crippen LogP contribution in [0.5, 0.6) is 0 Å². The molecule has 0 nitrogen and oxygen atoms in total. The second-order valence-corrected chi connectivity index (χ2v) is 4.35. The number of benzene rings is 2. The number of alkyl halides is 6. The molecule has 0 fully saturated rings. The third-order valence-electron chi connectivity index (χ3n) is 2.88. The number of hydrogen-bond acceptors (Lipinski definition) is 0. The summed E-state index contributed by atoms with van der Waals surface area (Å²) in [7, 11) is 0. The van der Waals surface area contributed by atoms with E-state index >= 15 is 0 Å². The molecule has 2 aromatic rings. The average molecular weight is 326 g/mol. The van der Waals surface area contributed by atoms with Crippen molar-refractivity contribution in [3.63, 3.8) is 0 Å². The van der Waals surface area contributed by atoms with Gasteiger partial charge in [-0.15, -0.1) is 0 Å². The van der Waals surface area contributed by atoms with Crippen molar-refractivity contribution in [2.45, 2.75) is 12.4 Å². The van der Waals surface area contributed by atoms with Crippen LogP contribution < -0.4 is 0 Å². The molecule has 0 aliphatic rings. The summed E-state index contributed by atoms with van der Waals surface area (Å²) in [5.41, 5.74) is -4.96. The second-order valence-electron chi connectivity index (χ2n) is 4.35. The third-order valence-corrected chi connectivity index (χ3v) is 2.88. The lowest BCUT2D eigenvalue weighted by molar-refractivity contribution is -0.140. The summed E-state index contributed by atoms with van der Waals surface area (Å²) in [6, 6.07) is 3.18. The van der Waals surface area contributed by atoms with E-state index in [2.05, 4.69) is 0 Å². The maximum atomic E-state index is 13.7. The molecule has 0 aliphatic heterocycles. The zero-order valence-corrected chi connectivity index (χ0v) is 10.5. The molecule has 0 aliphatic carbocycles. The van der Waals surface area contributed by atoms with Gasteiger partial charge >= 0.3 is 12.4 Å². The van der Waals surface area contributed by atoms with Crippen molar-refractivity contribution >= 4 is 0 Å². The highest BCUT2D eigenvalue weighted by molar-refractivity contribution is 5.69. The highest BCUT2D eigenvalue weighted by Gasteiger charge is 2.37. The van der Waals surface area contributed by atoms with Gasteiger partial charge < -0.3 is 0 Å². The fourth-order valence-electron chi connectivity index (χ4n) is 1.95. The Bertz CT molecular complexity index is 697. The number of hydrogen-bond donors (Lipinski definition) is 0. The lowest BCUT2D eigenvalue weighted by Gasteiger charge is -2.15. The molecule has 0 aromatic heterocycles. The Morgan fingerprint density at radius 3 is 1.77 bits per heavy atom. The first kappa shape index (κ1) is 16.3. The molecule has 0 spiro atoms. The number of halogens is 8. The Hall–Kier alpha value is -2.12. The van der Waals surface area contributed by atoms with Crippen LogP contribution in [0, 0.1) is 11.6 Å². The second kappa shape index (κ2) is 5.26. The topological polar surface area (TPSA) is 0 Å². The standard InChI is InChI=1S/C14H6F8/c15-10-5-4-7(6-9(10)14(20,21)22)12-8(13(17,18)19)2-1-3-11(12)16/h1-6H. The van der Waals surface area contributed by atoms with Gasteiger partial charge in [0.1, 0.15) is 11.6 Å². The summed E-state index contributed by atoms with van der Waals surface area (Å²) in [6.45, 7) is 0. The predicted molar refractivity (Wildman–Crippen MR) is 61.8 cm³/mol. The van der Waals surface area contributed by atoms with Gasteiger partial charge in [0.25, 0.3) is 0 Å². The van der Waals surface area contributed by atoms with E-state index in [9.17, 15) is 35.1 Å². The van der Waals surface area contributed by atoms with Gasteiger partial charge in [-0.3, -0.25) is 0 Å². The van der Waals surface area contributed by atoms with Gasteiger partial charge in [0, 0.05) is 5.56 Å². The first-order valence-corrected chi connectivity index (χ1v) is 5.74. The maximum absolute atomic E-state index is 13.7. The maximum Gasteiger partial charge on any atom is 0.419 e. The molecule has 22 heavy (non-hydrogen) atoms. The summed E-state index contributed by atoms with van der Waals surface area (Å²) in [5.74, 6) is -3.00. The van der Waals surface area contributed by atoms with Crippen molar-refractivity contribution in [1.29, 1.82) is 0 Å². The van der Waals surface area contributed by atoms with Crippen LogP contribution in [0.25, 0.3) is 11.1 Å². The van der Waals surface area contributed by atoms with Gasteiger partial charge in [0.05, 0.1) is 11.1 Å². The van der Waals surface area contributed by atoms with Crippen LogP contribution in [-0.4, -0.2) is 0 Å². The van der Waals surface area contributed by atoms with Crippen molar-refractivity contribution in [3.8, 4) is 11.1 Å². The molecule has 0 saturated heterocycles. The summed E-state index contributed by atoms with van der Waals surface area (Å²) in [6.07, 6.45) is -10.1. The largest absolute Gasteiger partial charge is 0.419 e. The third kappa shape index (κ3) is 3.05. The van der Waals surface area contributed by atoms with Gasteiger partial charge in [-0.2, -0.15) is 26.3 Å². The quantitative estimate of drug-likeness (QED) is 0.592. The van der Waals surface area contributed by atoms with Crippen molar-refractivity contribution < 1.29 is 35.1 Å². The van der Waals surface area contributed by atoms with Crippen LogP contribution in [-0.2, 0) is 12.4 Å². The zero-order valence-electron chi connectivity index (χ0n) is 10.5. The van der Waals surface area contributed by atoms with Crippen LogP contribution in [0.3, 0.4) is 0 Å². The molecule has 0 heterocycles. The van der Waals surface area contributed by atoms with E-state index in [0.717, 1.165) is 6.07 Å². The van der Waals surface area contributed by atoms with E-state index in [0.29, 0.717) is 24.3 Å². The Labute approximate surface area is 119 Å². The van der Waals surface area contributed by atoms with Crippen LogP contribution in [0.4, 0.5) is 35.1 Å². The fourth-order valence-corrected chi connectivity index (χ4v) is 1.95. The highest BCUT2D eigenvalue weighted by atomic mass is 19.4. The minimum Gasteiger partial charge on any atom is -0.206 e. The van der Waals surface area contributed by atoms with Crippen LogP contribution in [0.2, 0.25) is 0 Å².